The van der Waals surface area contributed by atoms with Crippen LogP contribution in [0, 0.1) is 0 Å². The van der Waals surface area contributed by atoms with Crippen LogP contribution in [-0.2, 0) is 0 Å². The average molecular weight is 426 g/mol. The Kier molecular flexibility index (Phi) is 3.84. The molecule has 0 atom stereocenters. The van der Waals surface area contributed by atoms with Crippen LogP contribution in [0.4, 0.5) is 5.82 Å². The highest BCUT2D eigenvalue weighted by atomic mass is 15.3. The van der Waals surface area contributed by atoms with Gasteiger partial charge in [-0.25, -0.2) is 9.97 Å². The number of piperidine rings is 1. The summed E-state index contributed by atoms with van der Waals surface area (Å²) in [5.41, 5.74) is 5.46. The Hall–Kier alpha value is -3.75. The number of anilines is 1. The fourth-order valence-corrected chi connectivity index (χ4v) is 4.63. The van der Waals surface area contributed by atoms with Crippen LogP contribution in [-0.4, -0.2) is 53.0 Å². The lowest BCUT2D eigenvalue weighted by atomic mass is 10.1. The predicted molar refractivity (Wildman–Crippen MR) is 122 cm³/mol. The third-order valence-electron chi connectivity index (χ3n) is 6.53. The van der Waals surface area contributed by atoms with E-state index < -0.39 is 0 Å². The zero-order chi connectivity index (χ0) is 21.1. The second-order valence-electron chi connectivity index (χ2n) is 8.79. The molecule has 2 aliphatic rings. The Labute approximate surface area is 183 Å². The summed E-state index contributed by atoms with van der Waals surface area (Å²) in [4.78, 5) is 20.0. The molecule has 1 saturated heterocycles. The van der Waals surface area contributed by atoms with Gasteiger partial charge in [-0.15, -0.1) is 0 Å². The molecule has 0 radical (unpaired) electrons. The molecular formula is C23H23N9. The van der Waals surface area contributed by atoms with Crippen LogP contribution >= 0.6 is 0 Å². The predicted octanol–water partition coefficient (Wildman–Crippen LogP) is 4.08. The van der Waals surface area contributed by atoms with Crippen molar-refractivity contribution >= 4 is 27.8 Å². The lowest BCUT2D eigenvalue weighted by Crippen LogP contribution is -2.30. The summed E-state index contributed by atoms with van der Waals surface area (Å²) >= 11 is 0. The first-order valence-corrected chi connectivity index (χ1v) is 11.3. The number of nitrogens with one attached hydrogen (secondary N) is 2. The molecule has 0 spiro atoms. The molecule has 1 aliphatic heterocycles. The number of H-pyrrole nitrogens is 2. The highest BCUT2D eigenvalue weighted by molar-refractivity contribution is 5.96. The summed E-state index contributed by atoms with van der Waals surface area (Å²) in [6.45, 7) is 2.06. The Balaban J connectivity index is 1.31. The van der Waals surface area contributed by atoms with Crippen molar-refractivity contribution in [2.24, 2.45) is 0 Å². The molecule has 160 valence electrons. The van der Waals surface area contributed by atoms with Gasteiger partial charge in [0.1, 0.15) is 11.2 Å². The first-order chi connectivity index (χ1) is 15.8. The number of pyridine rings is 2. The summed E-state index contributed by atoms with van der Waals surface area (Å²) in [6, 6.07) is 4.60. The molecule has 2 fully saturated rings. The van der Waals surface area contributed by atoms with Crippen molar-refractivity contribution in [1.82, 2.24) is 39.9 Å². The molecule has 1 aliphatic carbocycles. The van der Waals surface area contributed by atoms with Gasteiger partial charge >= 0.3 is 0 Å². The zero-order valence-corrected chi connectivity index (χ0v) is 17.6. The van der Waals surface area contributed by atoms with Crippen LogP contribution in [0.25, 0.3) is 44.7 Å². The maximum Gasteiger partial charge on any atom is 0.159 e. The average Bonchev–Trinajstić information content (AvgIpc) is 3.24. The number of aromatic amines is 2. The van der Waals surface area contributed by atoms with Crippen LogP contribution in [0.2, 0.25) is 0 Å². The van der Waals surface area contributed by atoms with E-state index in [0.29, 0.717) is 6.04 Å². The van der Waals surface area contributed by atoms with Crippen molar-refractivity contribution in [2.45, 2.75) is 38.1 Å². The minimum Gasteiger partial charge on any atom is -0.355 e. The summed E-state index contributed by atoms with van der Waals surface area (Å²) in [5, 5.41) is 13.2. The lowest BCUT2D eigenvalue weighted by Gasteiger charge is -2.27. The molecule has 5 aromatic heterocycles. The topological polar surface area (TPSA) is 104 Å². The number of nitrogens with zero attached hydrogens (tertiary/aromatic N) is 7. The molecule has 6 heterocycles. The lowest BCUT2D eigenvalue weighted by molar-refractivity contribution is 0.574. The molecule has 32 heavy (non-hydrogen) atoms. The zero-order valence-electron chi connectivity index (χ0n) is 17.6. The van der Waals surface area contributed by atoms with E-state index in [1.54, 1.807) is 0 Å². The fraction of sp³-hybridized carbons (Fsp3) is 0.348. The van der Waals surface area contributed by atoms with E-state index in [1.165, 1.54) is 32.1 Å². The normalized spacial score (nSPS) is 16.9. The molecule has 5 aromatic rings. The van der Waals surface area contributed by atoms with Gasteiger partial charge in [0.15, 0.2) is 11.6 Å². The highest BCUT2D eigenvalue weighted by Crippen LogP contribution is 2.36. The quantitative estimate of drug-likeness (QED) is 0.450. The number of aromatic nitrogens is 8. The molecule has 0 bridgehead atoms. The molecule has 0 unspecified atom stereocenters. The van der Waals surface area contributed by atoms with Crippen molar-refractivity contribution in [3.8, 4) is 22.8 Å². The van der Waals surface area contributed by atoms with Crippen molar-refractivity contribution in [1.29, 1.82) is 0 Å². The van der Waals surface area contributed by atoms with E-state index in [0.717, 1.165) is 63.6 Å². The van der Waals surface area contributed by atoms with Crippen molar-refractivity contribution < 1.29 is 0 Å². The van der Waals surface area contributed by atoms with E-state index >= 15 is 0 Å². The van der Waals surface area contributed by atoms with E-state index in [2.05, 4.69) is 47.4 Å². The van der Waals surface area contributed by atoms with Gasteiger partial charge in [-0.05, 0) is 44.2 Å². The second-order valence-corrected chi connectivity index (χ2v) is 8.79. The Morgan fingerprint density at radius 2 is 1.91 bits per heavy atom. The van der Waals surface area contributed by atoms with Crippen molar-refractivity contribution in [2.75, 3.05) is 18.0 Å². The number of imidazole rings is 1. The molecule has 9 nitrogen and oxygen atoms in total. The monoisotopic (exact) mass is 425 g/mol. The van der Waals surface area contributed by atoms with E-state index in [-0.39, 0.29) is 0 Å². The molecule has 2 N–H and O–H groups in total. The van der Waals surface area contributed by atoms with E-state index in [1.807, 2.05) is 29.3 Å². The molecule has 7 rings (SSSR count). The smallest absolute Gasteiger partial charge is 0.159 e. The SMILES string of the molecule is c1cc2[nH]c(-c3n[nH]c4cnc(-c5cnn(C6CC6)c5)cc34)nc2c(N2CCCCC2)n1. The Morgan fingerprint density at radius 1 is 1.00 bits per heavy atom. The standard InChI is InChI=1S/C23H23N9/c1-2-8-31(9-3-1)23-21-17(6-7-24-23)27-22(28-21)20-16-10-18(25-12-19(16)29-30-20)14-11-26-32(13-14)15-4-5-15/h6-7,10-13,15H,1-5,8-9H2,(H,27,28)(H,29,30). The molecular weight excluding hydrogens is 402 g/mol. The third kappa shape index (κ3) is 2.88. The second kappa shape index (κ2) is 6.88. The number of fused-ring (bicyclic) bond motifs is 2. The fourth-order valence-electron chi connectivity index (χ4n) is 4.63. The van der Waals surface area contributed by atoms with Crippen molar-refractivity contribution in [3.05, 3.63) is 36.9 Å². The maximum atomic E-state index is 4.94. The van der Waals surface area contributed by atoms with Crippen LogP contribution < -0.4 is 4.90 Å². The third-order valence-corrected chi connectivity index (χ3v) is 6.53. The van der Waals surface area contributed by atoms with Gasteiger partial charge < -0.3 is 9.88 Å². The van der Waals surface area contributed by atoms with Crippen LogP contribution in [0.1, 0.15) is 38.1 Å². The largest absolute Gasteiger partial charge is 0.355 e. The van der Waals surface area contributed by atoms with Gasteiger partial charge in [0.05, 0.1) is 35.2 Å². The van der Waals surface area contributed by atoms with Crippen LogP contribution in [0.15, 0.2) is 36.9 Å². The van der Waals surface area contributed by atoms with Gasteiger partial charge in [-0.3, -0.25) is 14.8 Å². The number of hydrogen-bond acceptors (Lipinski definition) is 6. The first-order valence-electron chi connectivity index (χ1n) is 11.3. The van der Waals surface area contributed by atoms with Gasteiger partial charge in [-0.1, -0.05) is 0 Å². The molecule has 1 saturated carbocycles. The summed E-state index contributed by atoms with van der Waals surface area (Å²) in [5.74, 6) is 1.70. The number of hydrogen-bond donors (Lipinski definition) is 2. The summed E-state index contributed by atoms with van der Waals surface area (Å²) in [7, 11) is 0. The maximum absolute atomic E-state index is 4.94. The Bertz CT molecular complexity index is 1430. The van der Waals surface area contributed by atoms with Crippen molar-refractivity contribution in [3.63, 3.8) is 0 Å². The molecule has 9 heteroatoms. The highest BCUT2D eigenvalue weighted by Gasteiger charge is 2.25. The Morgan fingerprint density at radius 3 is 2.78 bits per heavy atom. The minimum absolute atomic E-state index is 0.551. The van der Waals surface area contributed by atoms with E-state index in [4.69, 9.17) is 4.98 Å². The van der Waals surface area contributed by atoms with Gasteiger partial charge in [-0.2, -0.15) is 10.2 Å². The van der Waals surface area contributed by atoms with Gasteiger partial charge in [0, 0.05) is 36.4 Å². The summed E-state index contributed by atoms with van der Waals surface area (Å²) < 4.78 is 2.05. The molecule has 0 amide bonds. The number of rotatable bonds is 4. The van der Waals surface area contributed by atoms with E-state index in [9.17, 15) is 0 Å². The van der Waals surface area contributed by atoms with Gasteiger partial charge in [0.25, 0.3) is 0 Å². The minimum atomic E-state index is 0.551. The molecule has 0 aromatic carbocycles. The van der Waals surface area contributed by atoms with Gasteiger partial charge in [0.2, 0.25) is 0 Å². The van der Waals surface area contributed by atoms with Crippen LogP contribution in [0.5, 0.6) is 0 Å². The first kappa shape index (κ1) is 17.9. The summed E-state index contributed by atoms with van der Waals surface area (Å²) in [6.07, 6.45) is 13.8. The van der Waals surface area contributed by atoms with Crippen LogP contribution in [0.3, 0.4) is 0 Å².